The number of aryl methyl sites for hydroxylation is 2. The van der Waals surface area contributed by atoms with Gasteiger partial charge in [0.05, 0.1) is 21.4 Å². The highest BCUT2D eigenvalue weighted by atomic mass is 32.2. The first-order valence-electron chi connectivity index (χ1n) is 9.04. The number of sulfone groups is 1. The van der Waals surface area contributed by atoms with Gasteiger partial charge in [0.1, 0.15) is 18.0 Å². The van der Waals surface area contributed by atoms with Gasteiger partial charge in [0.25, 0.3) is 0 Å². The molecule has 0 atom stereocenters. The molecule has 0 bridgehead atoms. The minimum absolute atomic E-state index is 0.262. The summed E-state index contributed by atoms with van der Waals surface area (Å²) in [6.07, 6.45) is 3.56. The summed E-state index contributed by atoms with van der Waals surface area (Å²) in [6, 6.07) is 13.0. The van der Waals surface area contributed by atoms with Gasteiger partial charge in [-0.25, -0.2) is 23.4 Å². The summed E-state index contributed by atoms with van der Waals surface area (Å²) in [4.78, 5) is 13.4. The molecule has 2 aromatic heterocycles. The maximum absolute atomic E-state index is 11.8. The molecule has 0 aliphatic rings. The van der Waals surface area contributed by atoms with Crippen molar-refractivity contribution < 1.29 is 8.42 Å². The van der Waals surface area contributed by atoms with E-state index >= 15 is 0 Å². The average molecular weight is 395 g/mol. The molecule has 0 radical (unpaired) electrons. The fraction of sp³-hybridized carbons (Fsp3) is 0.250. The van der Waals surface area contributed by atoms with Crippen molar-refractivity contribution in [2.45, 2.75) is 24.8 Å². The van der Waals surface area contributed by atoms with Crippen molar-refractivity contribution in [2.24, 2.45) is 0 Å². The molecule has 144 valence electrons. The van der Waals surface area contributed by atoms with E-state index in [1.807, 2.05) is 25.1 Å². The molecule has 0 saturated carbocycles. The molecule has 0 fully saturated rings. The van der Waals surface area contributed by atoms with Crippen molar-refractivity contribution in [3.8, 4) is 0 Å². The summed E-state index contributed by atoms with van der Waals surface area (Å²) in [5.74, 6) is 1.63. The van der Waals surface area contributed by atoms with Crippen molar-refractivity contribution in [1.29, 1.82) is 0 Å². The van der Waals surface area contributed by atoms with Crippen LogP contribution in [0, 0.1) is 6.92 Å². The van der Waals surface area contributed by atoms with Crippen LogP contribution in [0.4, 0.5) is 5.82 Å². The molecule has 7 nitrogen and oxygen atoms in total. The van der Waals surface area contributed by atoms with Crippen molar-refractivity contribution in [3.63, 3.8) is 0 Å². The summed E-state index contributed by atoms with van der Waals surface area (Å²) in [6.45, 7) is 3.54. The number of nitrogens with zero attached hydrogens (tertiary/aromatic N) is 4. The first-order valence-corrected chi connectivity index (χ1v) is 10.9. The van der Waals surface area contributed by atoms with E-state index in [-0.39, 0.29) is 4.90 Å². The first-order chi connectivity index (χ1) is 13.4. The molecule has 2 aromatic carbocycles. The van der Waals surface area contributed by atoms with Crippen LogP contribution in [0.2, 0.25) is 0 Å². The Morgan fingerprint density at radius 3 is 2.71 bits per heavy atom. The molecule has 0 aliphatic carbocycles. The molecule has 2 heterocycles. The van der Waals surface area contributed by atoms with Gasteiger partial charge >= 0.3 is 0 Å². The van der Waals surface area contributed by atoms with Crippen molar-refractivity contribution >= 4 is 37.6 Å². The van der Waals surface area contributed by atoms with Gasteiger partial charge in [-0.2, -0.15) is 0 Å². The number of nitrogens with one attached hydrogen (secondary N) is 1. The predicted octanol–water partition coefficient (Wildman–Crippen LogP) is 3.19. The van der Waals surface area contributed by atoms with Gasteiger partial charge in [-0.05, 0) is 43.7 Å². The number of fused-ring (bicyclic) bond motifs is 2. The number of hydrogen-bond donors (Lipinski definition) is 1. The summed E-state index contributed by atoms with van der Waals surface area (Å²) >= 11 is 0. The van der Waals surface area contributed by atoms with Crippen LogP contribution in [0.3, 0.4) is 0 Å². The molecular formula is C20H21N5O2S. The molecule has 1 N–H and O–H groups in total. The molecule has 0 aliphatic heterocycles. The van der Waals surface area contributed by atoms with E-state index in [0.29, 0.717) is 23.3 Å². The lowest BCUT2D eigenvalue weighted by molar-refractivity contribution is 0.602. The Labute approximate surface area is 163 Å². The summed E-state index contributed by atoms with van der Waals surface area (Å²) in [7, 11) is -3.29. The lowest BCUT2D eigenvalue weighted by atomic mass is 10.2. The highest BCUT2D eigenvalue weighted by molar-refractivity contribution is 7.90. The Hall–Kier alpha value is -3.00. The highest BCUT2D eigenvalue weighted by Crippen LogP contribution is 2.23. The number of imidazole rings is 1. The third kappa shape index (κ3) is 3.55. The van der Waals surface area contributed by atoms with E-state index < -0.39 is 9.84 Å². The quantitative estimate of drug-likeness (QED) is 0.504. The van der Waals surface area contributed by atoms with Gasteiger partial charge in [0.15, 0.2) is 9.84 Å². The topological polar surface area (TPSA) is 89.8 Å². The van der Waals surface area contributed by atoms with Crippen LogP contribution in [0.1, 0.15) is 12.2 Å². The molecule has 8 heteroatoms. The number of aromatic nitrogens is 4. The largest absolute Gasteiger partial charge is 0.369 e. The maximum Gasteiger partial charge on any atom is 0.175 e. The van der Waals surface area contributed by atoms with Gasteiger partial charge in [0, 0.05) is 24.7 Å². The Morgan fingerprint density at radius 2 is 1.89 bits per heavy atom. The normalized spacial score (nSPS) is 11.9. The smallest absolute Gasteiger partial charge is 0.175 e. The minimum Gasteiger partial charge on any atom is -0.369 e. The van der Waals surface area contributed by atoms with E-state index in [9.17, 15) is 8.42 Å². The third-order valence-corrected chi connectivity index (χ3v) is 5.84. The van der Waals surface area contributed by atoms with E-state index in [0.717, 1.165) is 29.8 Å². The zero-order valence-electron chi connectivity index (χ0n) is 15.8. The molecule has 28 heavy (non-hydrogen) atoms. The van der Waals surface area contributed by atoms with E-state index in [2.05, 4.69) is 30.9 Å². The molecule has 4 aromatic rings. The number of para-hydroxylation sites is 2. The van der Waals surface area contributed by atoms with Gasteiger partial charge in [-0.1, -0.05) is 12.1 Å². The van der Waals surface area contributed by atoms with Gasteiger partial charge in [-0.3, -0.25) is 0 Å². The Kier molecular flexibility index (Phi) is 4.72. The van der Waals surface area contributed by atoms with Crippen LogP contribution in [0.5, 0.6) is 0 Å². The number of benzene rings is 2. The van der Waals surface area contributed by atoms with Crippen LogP contribution in [0.25, 0.3) is 21.9 Å². The second-order valence-corrected chi connectivity index (χ2v) is 8.77. The van der Waals surface area contributed by atoms with Crippen LogP contribution >= 0.6 is 0 Å². The minimum atomic E-state index is -3.29. The zero-order chi connectivity index (χ0) is 19.7. The Morgan fingerprint density at radius 1 is 1.07 bits per heavy atom. The monoisotopic (exact) mass is 395 g/mol. The van der Waals surface area contributed by atoms with Gasteiger partial charge in [0.2, 0.25) is 0 Å². The van der Waals surface area contributed by atoms with Crippen LogP contribution in [-0.4, -0.2) is 40.7 Å². The average Bonchev–Trinajstić information content (AvgIpc) is 2.99. The van der Waals surface area contributed by atoms with Crippen molar-refractivity contribution in [1.82, 2.24) is 19.5 Å². The van der Waals surface area contributed by atoms with E-state index in [1.54, 1.807) is 18.2 Å². The molecular weight excluding hydrogens is 374 g/mol. The second kappa shape index (κ2) is 7.20. The lowest BCUT2D eigenvalue weighted by Gasteiger charge is -2.10. The Bertz CT molecular complexity index is 1260. The second-order valence-electron chi connectivity index (χ2n) is 6.75. The summed E-state index contributed by atoms with van der Waals surface area (Å²) in [5.41, 5.74) is 2.84. The fourth-order valence-corrected chi connectivity index (χ4v) is 3.98. The Balaban J connectivity index is 1.50. The molecule has 0 amide bonds. The summed E-state index contributed by atoms with van der Waals surface area (Å²) in [5, 5.41) is 4.02. The molecule has 0 unspecified atom stereocenters. The van der Waals surface area contributed by atoms with Crippen LogP contribution < -0.4 is 5.32 Å². The van der Waals surface area contributed by atoms with E-state index in [4.69, 9.17) is 0 Å². The standard InChI is InChI=1S/C20H21N5O2S/c1-14-24-18-6-3-4-7-19(18)25(14)11-5-10-21-20-16-12-15(28(2,26)27)8-9-17(16)22-13-23-20/h3-4,6-9,12-13H,5,10-11H2,1-2H3,(H,21,22,23). The number of anilines is 1. The van der Waals surface area contributed by atoms with Crippen LogP contribution in [0.15, 0.2) is 53.7 Å². The zero-order valence-corrected chi connectivity index (χ0v) is 16.6. The first kappa shape index (κ1) is 18.4. The lowest BCUT2D eigenvalue weighted by Crippen LogP contribution is -2.09. The number of hydrogen-bond acceptors (Lipinski definition) is 6. The fourth-order valence-electron chi connectivity index (χ4n) is 3.33. The third-order valence-electron chi connectivity index (χ3n) is 4.73. The predicted molar refractivity (Wildman–Crippen MR) is 110 cm³/mol. The highest BCUT2D eigenvalue weighted by Gasteiger charge is 2.11. The van der Waals surface area contributed by atoms with Gasteiger partial charge in [-0.15, -0.1) is 0 Å². The van der Waals surface area contributed by atoms with Crippen molar-refractivity contribution in [3.05, 3.63) is 54.6 Å². The molecule has 4 rings (SSSR count). The van der Waals surface area contributed by atoms with Gasteiger partial charge < -0.3 is 9.88 Å². The molecule has 0 saturated heterocycles. The summed E-state index contributed by atoms with van der Waals surface area (Å²) < 4.78 is 25.9. The van der Waals surface area contributed by atoms with Crippen LogP contribution in [-0.2, 0) is 16.4 Å². The van der Waals surface area contributed by atoms with Crippen molar-refractivity contribution in [2.75, 3.05) is 18.1 Å². The SMILES string of the molecule is Cc1nc2ccccc2n1CCCNc1ncnc2ccc(S(C)(=O)=O)cc12. The maximum atomic E-state index is 11.8. The van der Waals surface area contributed by atoms with E-state index in [1.165, 1.54) is 12.6 Å². The number of rotatable bonds is 6. The molecule has 0 spiro atoms.